The number of ether oxygens (including phenoxy) is 1. The molecule has 2 unspecified atom stereocenters. The third-order valence-electron chi connectivity index (χ3n) is 7.50. The first-order chi connectivity index (χ1) is 19.0. The van der Waals surface area contributed by atoms with E-state index in [1.165, 1.54) is 0 Å². The molecule has 0 aliphatic carbocycles. The van der Waals surface area contributed by atoms with Crippen LogP contribution in [0.1, 0.15) is 45.6 Å². The maximum Gasteiger partial charge on any atom is 0.127 e. The molecule has 0 bridgehead atoms. The van der Waals surface area contributed by atoms with Gasteiger partial charge in [0.1, 0.15) is 23.7 Å². The minimum Gasteiger partial charge on any atom is -0.457 e. The number of rotatable bonds is 6. The Morgan fingerprint density at radius 3 is 1.31 bits per heavy atom. The zero-order chi connectivity index (χ0) is 26.9. The molecule has 3 heteroatoms. The van der Waals surface area contributed by atoms with Crippen molar-refractivity contribution in [1.29, 1.82) is 0 Å². The molecule has 2 atom stereocenters. The van der Waals surface area contributed by atoms with Crippen molar-refractivity contribution in [3.8, 4) is 11.5 Å². The molecule has 0 radical (unpaired) electrons. The predicted molar refractivity (Wildman–Crippen MR) is 158 cm³/mol. The first kappa shape index (κ1) is 24.9. The van der Waals surface area contributed by atoms with Gasteiger partial charge in [0.2, 0.25) is 0 Å². The van der Waals surface area contributed by atoms with Gasteiger partial charge in [0.15, 0.2) is 0 Å². The molecule has 3 nitrogen and oxygen atoms in total. The Balaban J connectivity index is 1.28. The lowest BCUT2D eigenvalue weighted by Gasteiger charge is -2.18. The van der Waals surface area contributed by atoms with Gasteiger partial charge in [-0.05, 0) is 105 Å². The average molecular weight is 511 g/mol. The Bertz CT molecular complexity index is 1670. The van der Waals surface area contributed by atoms with Crippen molar-refractivity contribution in [3.05, 3.63) is 155 Å². The monoisotopic (exact) mass is 510 g/mol. The number of aryl methyl sites for hydroxylation is 2. The molecule has 6 aromatic rings. The topological polar surface area (TPSA) is 49.7 Å². The normalized spacial score (nSPS) is 12.9. The number of hydrogen-bond donors (Lipinski definition) is 2. The van der Waals surface area contributed by atoms with Crippen LogP contribution in [-0.4, -0.2) is 10.2 Å². The van der Waals surface area contributed by atoms with Gasteiger partial charge in [-0.2, -0.15) is 0 Å². The molecule has 39 heavy (non-hydrogen) atoms. The van der Waals surface area contributed by atoms with Crippen LogP contribution >= 0.6 is 0 Å². The fourth-order valence-electron chi connectivity index (χ4n) is 5.20. The molecule has 0 aliphatic heterocycles. The minimum absolute atomic E-state index is 0.630. The quantitative estimate of drug-likeness (QED) is 0.236. The van der Waals surface area contributed by atoms with Crippen LogP contribution in [-0.2, 0) is 0 Å². The Hall–Kier alpha value is -4.44. The van der Waals surface area contributed by atoms with Gasteiger partial charge in [-0.1, -0.05) is 84.9 Å². The summed E-state index contributed by atoms with van der Waals surface area (Å²) in [6.45, 7) is 3.99. The summed E-state index contributed by atoms with van der Waals surface area (Å²) in [5.41, 5.74) is 5.24. The molecule has 0 spiro atoms. The first-order valence-corrected chi connectivity index (χ1v) is 13.2. The average Bonchev–Trinajstić information content (AvgIpc) is 2.98. The molecule has 2 N–H and O–H groups in total. The van der Waals surface area contributed by atoms with Crippen molar-refractivity contribution >= 4 is 21.5 Å². The van der Waals surface area contributed by atoms with Gasteiger partial charge in [-0.15, -0.1) is 0 Å². The van der Waals surface area contributed by atoms with Gasteiger partial charge >= 0.3 is 0 Å². The third-order valence-corrected chi connectivity index (χ3v) is 7.50. The van der Waals surface area contributed by atoms with E-state index in [0.717, 1.165) is 54.9 Å². The zero-order valence-corrected chi connectivity index (χ0v) is 22.0. The molecule has 0 heterocycles. The number of benzene rings is 6. The van der Waals surface area contributed by atoms with E-state index < -0.39 is 12.2 Å². The van der Waals surface area contributed by atoms with Crippen LogP contribution in [0, 0.1) is 13.8 Å². The van der Waals surface area contributed by atoms with Crippen LogP contribution in [0.5, 0.6) is 11.5 Å². The minimum atomic E-state index is -0.776. The second-order valence-electron chi connectivity index (χ2n) is 10.2. The fraction of sp³-hybridized carbons (Fsp3) is 0.111. The summed E-state index contributed by atoms with van der Waals surface area (Å²) in [6.07, 6.45) is -1.55. The Morgan fingerprint density at radius 1 is 0.462 bits per heavy atom. The summed E-state index contributed by atoms with van der Waals surface area (Å²) >= 11 is 0. The third kappa shape index (κ3) is 5.03. The summed E-state index contributed by atoms with van der Waals surface area (Å²) in [6, 6.07) is 39.9. The molecule has 6 aromatic carbocycles. The Kier molecular flexibility index (Phi) is 6.62. The van der Waals surface area contributed by atoms with Gasteiger partial charge in [0.05, 0.1) is 0 Å². The smallest absolute Gasteiger partial charge is 0.127 e. The number of fused-ring (bicyclic) bond motifs is 2. The van der Waals surface area contributed by atoms with E-state index in [9.17, 15) is 10.2 Å². The number of hydrogen-bond acceptors (Lipinski definition) is 3. The molecule has 0 aromatic heterocycles. The lowest BCUT2D eigenvalue weighted by Crippen LogP contribution is -2.04. The summed E-state index contributed by atoms with van der Waals surface area (Å²) in [5.74, 6) is 1.26. The van der Waals surface area contributed by atoms with Crippen LogP contribution in [0.25, 0.3) is 21.5 Å². The highest BCUT2D eigenvalue weighted by atomic mass is 16.5. The van der Waals surface area contributed by atoms with Crippen molar-refractivity contribution < 1.29 is 14.9 Å². The summed E-state index contributed by atoms with van der Waals surface area (Å²) in [7, 11) is 0. The lowest BCUT2D eigenvalue weighted by molar-refractivity contribution is 0.219. The SMILES string of the molecule is Cc1ccc(Oc2ccc(C)c(C(O)c3ccc4ccccc4c3)c2)cc1C(O)c1ccc2ccccc2c1. The molecular formula is C36H30O3. The van der Waals surface area contributed by atoms with Crippen molar-refractivity contribution in [2.24, 2.45) is 0 Å². The molecule has 6 rings (SSSR count). The van der Waals surface area contributed by atoms with Crippen LogP contribution in [0.4, 0.5) is 0 Å². The van der Waals surface area contributed by atoms with E-state index in [1.54, 1.807) is 0 Å². The Labute approximate surface area is 228 Å². The predicted octanol–water partition coefficient (Wildman–Crippen LogP) is 8.57. The van der Waals surface area contributed by atoms with Crippen LogP contribution in [0.2, 0.25) is 0 Å². The van der Waals surface area contributed by atoms with E-state index in [0.29, 0.717) is 11.5 Å². The zero-order valence-electron chi connectivity index (χ0n) is 22.0. The van der Waals surface area contributed by atoms with Crippen LogP contribution in [0.15, 0.2) is 121 Å². The van der Waals surface area contributed by atoms with Crippen molar-refractivity contribution in [2.45, 2.75) is 26.1 Å². The van der Waals surface area contributed by atoms with E-state index in [2.05, 4.69) is 24.3 Å². The van der Waals surface area contributed by atoms with Gasteiger partial charge in [-0.25, -0.2) is 0 Å². The van der Waals surface area contributed by atoms with Crippen molar-refractivity contribution in [3.63, 3.8) is 0 Å². The molecule has 0 amide bonds. The Morgan fingerprint density at radius 2 is 0.872 bits per heavy atom. The fourth-order valence-corrected chi connectivity index (χ4v) is 5.20. The van der Waals surface area contributed by atoms with E-state index >= 15 is 0 Å². The number of aliphatic hydroxyl groups excluding tert-OH is 2. The molecule has 0 saturated heterocycles. The largest absolute Gasteiger partial charge is 0.457 e. The highest BCUT2D eigenvalue weighted by Gasteiger charge is 2.17. The second-order valence-corrected chi connectivity index (χ2v) is 10.2. The maximum atomic E-state index is 11.3. The highest BCUT2D eigenvalue weighted by Crippen LogP contribution is 2.34. The van der Waals surface area contributed by atoms with Crippen molar-refractivity contribution in [2.75, 3.05) is 0 Å². The summed E-state index contributed by atoms with van der Waals surface area (Å²) in [4.78, 5) is 0. The van der Waals surface area contributed by atoms with Gasteiger partial charge in [0.25, 0.3) is 0 Å². The standard InChI is InChI=1S/C36H30O3/c1-23-11-17-31(21-33(23)35(37)29-15-13-25-7-3-5-9-27(25)19-29)39-32-18-12-24(2)34(22-32)36(38)30-16-14-26-8-4-6-10-28(26)20-30/h3-22,35-38H,1-2H3. The molecule has 0 saturated carbocycles. The maximum absolute atomic E-state index is 11.3. The second kappa shape index (κ2) is 10.4. The summed E-state index contributed by atoms with van der Waals surface area (Å²) < 4.78 is 6.26. The van der Waals surface area contributed by atoms with Gasteiger partial charge in [-0.3, -0.25) is 0 Å². The highest BCUT2D eigenvalue weighted by molar-refractivity contribution is 5.84. The van der Waals surface area contributed by atoms with E-state index in [-0.39, 0.29) is 0 Å². The van der Waals surface area contributed by atoms with E-state index in [1.807, 2.05) is 111 Å². The summed E-state index contributed by atoms with van der Waals surface area (Å²) in [5, 5.41) is 27.0. The van der Waals surface area contributed by atoms with E-state index in [4.69, 9.17) is 4.74 Å². The van der Waals surface area contributed by atoms with Crippen LogP contribution in [0.3, 0.4) is 0 Å². The molecule has 192 valence electrons. The molecule has 0 aliphatic rings. The molecule has 0 fully saturated rings. The van der Waals surface area contributed by atoms with Gasteiger partial charge in [0, 0.05) is 0 Å². The lowest BCUT2D eigenvalue weighted by atomic mass is 9.95. The van der Waals surface area contributed by atoms with Crippen LogP contribution < -0.4 is 4.74 Å². The number of aliphatic hydroxyl groups is 2. The molecular weight excluding hydrogens is 480 g/mol. The van der Waals surface area contributed by atoms with Gasteiger partial charge < -0.3 is 14.9 Å². The van der Waals surface area contributed by atoms with Crippen molar-refractivity contribution in [1.82, 2.24) is 0 Å². The first-order valence-electron chi connectivity index (χ1n) is 13.2.